The molecule has 4 aliphatic heterocycles. The Labute approximate surface area is 489 Å². The first-order chi connectivity index (χ1) is 40.3. The topological polar surface area (TPSA) is 303 Å². The van der Waals surface area contributed by atoms with E-state index in [-0.39, 0.29) is 35.3 Å². The fraction of sp³-hybridized carbons (Fsp3) is 0.242. The van der Waals surface area contributed by atoms with Crippen LogP contribution in [0.15, 0.2) is 125 Å². The van der Waals surface area contributed by atoms with Crippen molar-refractivity contribution < 1.29 is 55.7 Å². The van der Waals surface area contributed by atoms with Gasteiger partial charge in [-0.05, 0) is 152 Å². The number of rotatable bonds is 13. The third-order valence-corrected chi connectivity index (χ3v) is 17.8. The number of nitrogens with zero attached hydrogens (tertiary/aromatic N) is 6. The van der Waals surface area contributed by atoms with Crippen molar-refractivity contribution in [2.45, 2.75) is 48.6 Å². The molecule has 1 saturated heterocycles. The van der Waals surface area contributed by atoms with Gasteiger partial charge in [-0.15, -0.1) is 0 Å². The van der Waals surface area contributed by atoms with Gasteiger partial charge in [0.05, 0.1) is 63.3 Å². The lowest BCUT2D eigenvalue weighted by molar-refractivity contribution is -0.216. The quantitative estimate of drug-likeness (QED) is 0.0499. The summed E-state index contributed by atoms with van der Waals surface area (Å²) >= 11 is 0. The number of benzene rings is 4. The molecule has 8 bridgehead atoms. The van der Waals surface area contributed by atoms with Crippen molar-refractivity contribution in [1.29, 1.82) is 0 Å². The Balaban J connectivity index is 1.08. The van der Waals surface area contributed by atoms with Gasteiger partial charge in [0, 0.05) is 89.3 Å². The van der Waals surface area contributed by atoms with Crippen LogP contribution < -0.4 is 5.32 Å². The van der Waals surface area contributed by atoms with Gasteiger partial charge < -0.3 is 30.7 Å². The third kappa shape index (κ3) is 11.9. The maximum Gasteiger partial charge on any atom is 0.317 e. The molecule has 3 aromatic heterocycles. The van der Waals surface area contributed by atoms with Gasteiger partial charge in [0.15, 0.2) is 0 Å². The molecule has 0 aliphatic carbocycles. The van der Waals surface area contributed by atoms with Gasteiger partial charge in [-0.2, -0.15) is 21.9 Å². The number of aromatic nitrogens is 4. The van der Waals surface area contributed by atoms with Crippen molar-refractivity contribution in [2.24, 2.45) is 0 Å². The van der Waals surface area contributed by atoms with Crippen molar-refractivity contribution >= 4 is 90.1 Å². The van der Waals surface area contributed by atoms with Gasteiger partial charge >= 0.3 is 11.9 Å². The first-order valence-corrected chi connectivity index (χ1v) is 30.2. The molecule has 8 N–H and O–H groups in total. The monoisotopic (exact) mass is 1190 g/mol. The van der Waals surface area contributed by atoms with Crippen LogP contribution in [-0.2, 0) is 45.7 Å². The van der Waals surface area contributed by atoms with E-state index < -0.39 is 43.3 Å². The number of aliphatic carboxylic acids is 2. The molecule has 11 rings (SSSR count). The van der Waals surface area contributed by atoms with Gasteiger partial charge in [-0.3, -0.25) is 38.2 Å². The summed E-state index contributed by atoms with van der Waals surface area (Å²) in [4.78, 5) is 59.7. The van der Waals surface area contributed by atoms with Crippen LogP contribution in [0.5, 0.6) is 0 Å². The lowest BCUT2D eigenvalue weighted by Crippen LogP contribution is -2.42. The number of anilines is 1. The number of amides is 1. The minimum Gasteiger partial charge on any atom is -0.480 e. The van der Waals surface area contributed by atoms with E-state index in [4.69, 9.17) is 9.97 Å². The summed E-state index contributed by atoms with van der Waals surface area (Å²) in [7, 11) is -9.10. The highest BCUT2D eigenvalue weighted by Crippen LogP contribution is 2.50. The van der Waals surface area contributed by atoms with Crippen LogP contribution in [0.4, 0.5) is 5.69 Å². The van der Waals surface area contributed by atoms with Crippen molar-refractivity contribution in [1.82, 2.24) is 39.7 Å². The van der Waals surface area contributed by atoms with E-state index in [9.17, 15) is 55.7 Å². The van der Waals surface area contributed by atoms with Crippen molar-refractivity contribution in [2.75, 3.05) is 64.2 Å². The molecule has 1 fully saturated rings. The summed E-state index contributed by atoms with van der Waals surface area (Å²) in [6, 6.07) is 32.5. The van der Waals surface area contributed by atoms with E-state index >= 15 is 0 Å². The third-order valence-electron chi connectivity index (χ3n) is 16.1. The second kappa shape index (κ2) is 22.5. The number of hydrogen-bond acceptors (Lipinski definition) is 14. The maximum atomic E-state index is 13.8. The van der Waals surface area contributed by atoms with Crippen LogP contribution in [-0.4, -0.2) is 158 Å². The number of H-pyrrole nitrogens is 2. The summed E-state index contributed by atoms with van der Waals surface area (Å²) < 4.78 is 69.3. The Morgan fingerprint density at radius 2 is 0.812 bits per heavy atom. The Morgan fingerprint density at radius 3 is 1.18 bits per heavy atom. The highest BCUT2D eigenvalue weighted by molar-refractivity contribution is 7.86. The minimum atomic E-state index is -4.55. The van der Waals surface area contributed by atoms with Crippen LogP contribution in [0.2, 0.25) is 0 Å². The SMILES string of the molecule is CC1(C)c2ccc(-c3c4nc(c(-c5ccc(S(=O)(=O)O)cc5)c5ccc([nH]5)c(-c5ccc(NC(=O)CN6CCN(CC(=O)O)CCN(CC(=O)O)CC6)cc5)c5nc(c(-c6ccc(S(=O)(=O)O)cc6)c6ccc3[nH]6)C=C5)C=C4)cc2C(C)(C)N1O. The average molecular weight is 1190 g/mol. The molecule has 23 heteroatoms. The second-order valence-corrected chi connectivity index (χ2v) is 25.3. The van der Waals surface area contributed by atoms with Crippen LogP contribution in [0, 0.1) is 0 Å². The molecule has 85 heavy (non-hydrogen) atoms. The number of carbonyl (C=O) groups excluding carboxylic acids is 1. The Hall–Kier alpha value is -8.49. The summed E-state index contributed by atoms with van der Waals surface area (Å²) in [5.41, 5.74) is 10.4. The van der Waals surface area contributed by atoms with Crippen molar-refractivity contribution in [3.05, 3.63) is 149 Å². The van der Waals surface area contributed by atoms with Crippen LogP contribution in [0.1, 0.15) is 61.6 Å². The number of carboxylic acids is 2. The normalized spacial score (nSPS) is 16.6. The standard InChI is InChI=1S/C62H61N9O12S2/c1-61(2)44-18-11-40(33-45(44)62(3,4)71(61)77)60-52-25-23-50(66-52)58(38-7-14-42(15-8-38)84(78,79)80)48-21-19-46(64-48)57(47-20-22-49(65-47)59(51-24-26-53(60)67-51)39-9-16-43(17-10-39)85(81,82)83)37-5-12-41(13-6-37)63-54(72)34-68-27-29-69(35-55(73)74)31-32-70(30-28-68)36-56(75)76/h5-26,33,64,67,77H,27-32,34-36H2,1-4H3,(H,63,72)(H,73,74)(H,75,76)(H,78,79,80)(H,81,82,83). The number of aromatic amines is 2. The van der Waals surface area contributed by atoms with Crippen molar-refractivity contribution in [3.8, 4) is 44.5 Å². The van der Waals surface area contributed by atoms with E-state index in [1.54, 1.807) is 46.2 Å². The lowest BCUT2D eigenvalue weighted by atomic mass is 9.87. The van der Waals surface area contributed by atoms with E-state index in [2.05, 4.69) is 21.4 Å². The zero-order valence-corrected chi connectivity index (χ0v) is 48.4. The zero-order chi connectivity index (χ0) is 60.3. The minimum absolute atomic E-state index is 0.0448. The summed E-state index contributed by atoms with van der Waals surface area (Å²) in [6.45, 7) is 9.53. The number of hydroxylamine groups is 2. The molecule has 0 unspecified atom stereocenters. The first kappa shape index (κ1) is 58.3. The molecule has 7 aromatic rings. The van der Waals surface area contributed by atoms with Gasteiger partial charge in [-0.25, -0.2) is 9.97 Å². The predicted octanol–water partition coefficient (Wildman–Crippen LogP) is 9.02. The fourth-order valence-corrected chi connectivity index (χ4v) is 12.8. The van der Waals surface area contributed by atoms with Gasteiger partial charge in [0.25, 0.3) is 20.2 Å². The number of hydrogen-bond donors (Lipinski definition) is 8. The zero-order valence-electron chi connectivity index (χ0n) is 46.7. The average Bonchev–Trinajstić information content (AvgIpc) is 1.86. The molecular weight excluding hydrogens is 1130 g/mol. The Morgan fingerprint density at radius 1 is 0.482 bits per heavy atom. The van der Waals surface area contributed by atoms with Gasteiger partial charge in [0.1, 0.15) is 0 Å². The molecule has 0 atom stereocenters. The predicted molar refractivity (Wildman–Crippen MR) is 323 cm³/mol. The second-order valence-electron chi connectivity index (χ2n) is 22.4. The van der Waals surface area contributed by atoms with E-state index in [0.717, 1.165) is 16.7 Å². The van der Waals surface area contributed by atoms with Crippen LogP contribution in [0.25, 0.3) is 90.9 Å². The highest BCUT2D eigenvalue weighted by atomic mass is 32.2. The summed E-state index contributed by atoms with van der Waals surface area (Å²) in [5.74, 6) is -2.35. The fourth-order valence-electron chi connectivity index (χ4n) is 11.8. The van der Waals surface area contributed by atoms with E-state index in [1.807, 2.05) is 105 Å². The largest absolute Gasteiger partial charge is 0.480 e. The molecule has 21 nitrogen and oxygen atoms in total. The number of nitrogens with one attached hydrogen (secondary N) is 3. The lowest BCUT2D eigenvalue weighted by Gasteiger charge is -2.34. The summed E-state index contributed by atoms with van der Waals surface area (Å²) in [5, 5.41) is 34.9. The highest BCUT2D eigenvalue weighted by Gasteiger charge is 2.49. The van der Waals surface area contributed by atoms with Crippen LogP contribution in [0.3, 0.4) is 0 Å². The summed E-state index contributed by atoms with van der Waals surface area (Å²) in [6.07, 6.45) is 7.47. The Bertz CT molecular complexity index is 4230. The van der Waals surface area contributed by atoms with Gasteiger partial charge in [0.2, 0.25) is 5.91 Å². The van der Waals surface area contributed by atoms with Gasteiger partial charge in [-0.1, -0.05) is 48.5 Å². The molecule has 7 heterocycles. The van der Waals surface area contributed by atoms with Crippen LogP contribution >= 0.6 is 0 Å². The molecule has 4 aliphatic rings. The Kier molecular flexibility index (Phi) is 15.4. The molecule has 0 saturated carbocycles. The van der Waals surface area contributed by atoms with E-state index in [0.29, 0.717) is 129 Å². The van der Waals surface area contributed by atoms with Crippen molar-refractivity contribution in [3.63, 3.8) is 0 Å². The molecule has 0 radical (unpaired) electrons. The first-order valence-electron chi connectivity index (χ1n) is 27.3. The van der Waals surface area contributed by atoms with E-state index in [1.165, 1.54) is 29.3 Å². The number of fused-ring (bicyclic) bond motifs is 9. The molecular formula is C62H61N9O12S2. The maximum absolute atomic E-state index is 13.8. The molecule has 1 amide bonds. The smallest absolute Gasteiger partial charge is 0.317 e. The number of carbonyl (C=O) groups is 3. The molecule has 438 valence electrons. The number of carboxylic acid groups (broad SMARTS) is 2. The molecule has 0 spiro atoms. The molecule has 4 aromatic carbocycles.